The van der Waals surface area contributed by atoms with Gasteiger partial charge in [-0.25, -0.2) is 4.83 Å². The van der Waals surface area contributed by atoms with Crippen molar-refractivity contribution in [1.82, 2.24) is 9.82 Å². The fourth-order valence-corrected chi connectivity index (χ4v) is 2.44. The lowest BCUT2D eigenvalue weighted by Crippen LogP contribution is -2.18. The van der Waals surface area contributed by atoms with E-state index in [4.69, 9.17) is 0 Å². The van der Waals surface area contributed by atoms with E-state index in [0.29, 0.717) is 11.1 Å². The molecule has 8 nitrogen and oxygen atoms in total. The van der Waals surface area contributed by atoms with Crippen LogP contribution in [0.2, 0.25) is 0 Å². The molecule has 0 saturated heterocycles. The van der Waals surface area contributed by atoms with Gasteiger partial charge in [0, 0.05) is 29.6 Å². The number of nitrogens with one attached hydrogen (secondary N) is 1. The summed E-state index contributed by atoms with van der Waals surface area (Å²) in [7, 11) is -3.98. The molecule has 0 spiro atoms. The van der Waals surface area contributed by atoms with Crippen molar-refractivity contribution in [2.45, 2.75) is 11.8 Å². The van der Waals surface area contributed by atoms with Crippen molar-refractivity contribution < 1.29 is 13.3 Å². The topological polar surface area (TPSA) is 115 Å². The number of benzene rings is 1. The van der Waals surface area contributed by atoms with Crippen molar-refractivity contribution in [2.24, 2.45) is 5.10 Å². The number of hydrazone groups is 1. The molecule has 1 N–H and O–H groups in total. The standard InChI is InChI=1S/C13H12N4O4S/c1-10-4-5-12(7-13(10)17(18)19)22(20,21)16-15-9-11-3-2-6-14-8-11/h2-9,16H,1H3/b15-9+. The van der Waals surface area contributed by atoms with Gasteiger partial charge in [-0.3, -0.25) is 15.1 Å². The summed E-state index contributed by atoms with van der Waals surface area (Å²) in [6.45, 7) is 1.53. The van der Waals surface area contributed by atoms with Gasteiger partial charge in [0.1, 0.15) is 0 Å². The monoisotopic (exact) mass is 320 g/mol. The van der Waals surface area contributed by atoms with Crippen LogP contribution in [-0.4, -0.2) is 24.5 Å². The quantitative estimate of drug-likeness (QED) is 0.510. The minimum absolute atomic E-state index is 0.229. The van der Waals surface area contributed by atoms with Gasteiger partial charge in [-0.1, -0.05) is 12.1 Å². The second kappa shape index (κ2) is 6.31. The average molecular weight is 320 g/mol. The first kappa shape index (κ1) is 15.6. The molecule has 0 amide bonds. The van der Waals surface area contributed by atoms with E-state index in [1.54, 1.807) is 18.3 Å². The third-order valence-corrected chi connectivity index (χ3v) is 3.98. The van der Waals surface area contributed by atoms with Gasteiger partial charge < -0.3 is 0 Å². The Kier molecular flexibility index (Phi) is 4.47. The number of hydrogen-bond acceptors (Lipinski definition) is 6. The summed E-state index contributed by atoms with van der Waals surface area (Å²) < 4.78 is 24.1. The van der Waals surface area contributed by atoms with Gasteiger partial charge in [0.05, 0.1) is 16.0 Å². The van der Waals surface area contributed by atoms with E-state index in [2.05, 4.69) is 10.1 Å². The van der Waals surface area contributed by atoms with Crippen molar-refractivity contribution in [3.63, 3.8) is 0 Å². The van der Waals surface area contributed by atoms with Crippen molar-refractivity contribution >= 4 is 21.9 Å². The molecule has 0 bridgehead atoms. The van der Waals surface area contributed by atoms with Gasteiger partial charge in [0.25, 0.3) is 15.7 Å². The SMILES string of the molecule is Cc1ccc(S(=O)(=O)N/N=C/c2cccnc2)cc1[N+](=O)[O-]. The highest BCUT2D eigenvalue weighted by molar-refractivity contribution is 7.89. The lowest BCUT2D eigenvalue weighted by molar-refractivity contribution is -0.385. The molecule has 1 heterocycles. The summed E-state index contributed by atoms with van der Waals surface area (Å²) in [6.07, 6.45) is 4.37. The Morgan fingerprint density at radius 1 is 1.36 bits per heavy atom. The Bertz CT molecular complexity index is 819. The number of nitro benzene ring substituents is 1. The van der Waals surface area contributed by atoms with Crippen molar-refractivity contribution in [3.05, 3.63) is 64.0 Å². The maximum atomic E-state index is 12.0. The zero-order valence-corrected chi connectivity index (χ0v) is 12.3. The first-order chi connectivity index (χ1) is 10.4. The van der Waals surface area contributed by atoms with E-state index in [1.165, 1.54) is 31.5 Å². The highest BCUT2D eigenvalue weighted by Gasteiger charge is 2.19. The molecule has 0 fully saturated rings. The molecule has 2 aromatic rings. The summed E-state index contributed by atoms with van der Waals surface area (Å²) in [4.78, 5) is 15.8. The number of nitrogens with zero attached hydrogens (tertiary/aromatic N) is 3. The molecule has 0 saturated carbocycles. The Hall–Kier alpha value is -2.81. The van der Waals surface area contributed by atoms with E-state index in [0.717, 1.165) is 6.07 Å². The van der Waals surface area contributed by atoms with Crippen LogP contribution in [0.3, 0.4) is 0 Å². The van der Waals surface area contributed by atoms with Gasteiger partial charge in [0.15, 0.2) is 0 Å². The third-order valence-electron chi connectivity index (χ3n) is 2.76. The minimum Gasteiger partial charge on any atom is -0.264 e. The fraction of sp³-hybridized carbons (Fsp3) is 0.0769. The zero-order chi connectivity index (χ0) is 16.2. The van der Waals surface area contributed by atoms with Crippen LogP contribution in [0, 0.1) is 17.0 Å². The predicted molar refractivity (Wildman–Crippen MR) is 80.0 cm³/mol. The van der Waals surface area contributed by atoms with Crippen LogP contribution in [-0.2, 0) is 10.0 Å². The van der Waals surface area contributed by atoms with Crippen molar-refractivity contribution in [2.75, 3.05) is 0 Å². The molecule has 0 radical (unpaired) electrons. The Morgan fingerprint density at radius 3 is 2.77 bits per heavy atom. The van der Waals surface area contributed by atoms with Crippen LogP contribution in [0.15, 0.2) is 52.7 Å². The molecule has 0 unspecified atom stereocenters. The zero-order valence-electron chi connectivity index (χ0n) is 11.5. The van der Waals surface area contributed by atoms with Gasteiger partial charge in [-0.05, 0) is 19.1 Å². The van der Waals surface area contributed by atoms with Crippen molar-refractivity contribution in [1.29, 1.82) is 0 Å². The summed E-state index contributed by atoms with van der Waals surface area (Å²) in [5.74, 6) is 0. The van der Waals surface area contributed by atoms with Gasteiger partial charge in [0.2, 0.25) is 0 Å². The van der Waals surface area contributed by atoms with Crippen LogP contribution in [0.25, 0.3) is 0 Å². The summed E-state index contributed by atoms with van der Waals surface area (Å²) in [6, 6.07) is 7.03. The minimum atomic E-state index is -3.98. The lowest BCUT2D eigenvalue weighted by Gasteiger charge is -2.04. The summed E-state index contributed by atoms with van der Waals surface area (Å²) >= 11 is 0. The van der Waals surface area contributed by atoms with E-state index in [1.807, 2.05) is 4.83 Å². The normalized spacial score (nSPS) is 11.5. The highest BCUT2D eigenvalue weighted by atomic mass is 32.2. The predicted octanol–water partition coefficient (Wildman–Crippen LogP) is 1.61. The second-order valence-electron chi connectivity index (χ2n) is 4.34. The number of aromatic nitrogens is 1. The Balaban J connectivity index is 2.22. The van der Waals surface area contributed by atoms with Gasteiger partial charge in [-0.15, -0.1) is 0 Å². The van der Waals surface area contributed by atoms with E-state index >= 15 is 0 Å². The van der Waals surface area contributed by atoms with Crippen LogP contribution in [0.1, 0.15) is 11.1 Å². The average Bonchev–Trinajstić information content (AvgIpc) is 2.48. The van der Waals surface area contributed by atoms with Crippen LogP contribution in [0.4, 0.5) is 5.69 Å². The van der Waals surface area contributed by atoms with Crippen LogP contribution >= 0.6 is 0 Å². The molecule has 2 rings (SSSR count). The van der Waals surface area contributed by atoms with E-state index in [9.17, 15) is 18.5 Å². The number of aryl methyl sites for hydroxylation is 1. The van der Waals surface area contributed by atoms with Crippen LogP contribution < -0.4 is 4.83 Å². The molecule has 0 aliphatic heterocycles. The smallest absolute Gasteiger partial charge is 0.264 e. The summed E-state index contributed by atoms with van der Waals surface area (Å²) in [5.41, 5.74) is 0.724. The number of pyridine rings is 1. The molecule has 22 heavy (non-hydrogen) atoms. The number of hydrogen-bond donors (Lipinski definition) is 1. The van der Waals surface area contributed by atoms with E-state index < -0.39 is 14.9 Å². The molecule has 0 aliphatic carbocycles. The van der Waals surface area contributed by atoms with Crippen molar-refractivity contribution in [3.8, 4) is 0 Å². The maximum Gasteiger partial charge on any atom is 0.276 e. The largest absolute Gasteiger partial charge is 0.276 e. The third kappa shape index (κ3) is 3.64. The molecule has 1 aromatic carbocycles. The molecule has 1 aromatic heterocycles. The number of nitro groups is 1. The molecular formula is C13H12N4O4S. The molecule has 114 valence electrons. The van der Waals surface area contributed by atoms with Gasteiger partial charge in [-0.2, -0.15) is 13.5 Å². The van der Waals surface area contributed by atoms with E-state index in [-0.39, 0.29) is 10.6 Å². The number of rotatable bonds is 5. The first-order valence-electron chi connectivity index (χ1n) is 6.10. The molecule has 0 atom stereocenters. The maximum absolute atomic E-state index is 12.0. The molecule has 9 heteroatoms. The lowest BCUT2D eigenvalue weighted by atomic mass is 10.2. The molecular weight excluding hydrogens is 308 g/mol. The van der Waals surface area contributed by atoms with Crippen LogP contribution in [0.5, 0.6) is 0 Å². The highest BCUT2D eigenvalue weighted by Crippen LogP contribution is 2.21. The molecule has 0 aliphatic rings. The second-order valence-corrected chi connectivity index (χ2v) is 6.01. The van der Waals surface area contributed by atoms with Gasteiger partial charge >= 0.3 is 0 Å². The first-order valence-corrected chi connectivity index (χ1v) is 7.58. The Morgan fingerprint density at radius 2 is 2.14 bits per heavy atom. The number of sulfonamides is 1. The fourth-order valence-electron chi connectivity index (χ4n) is 1.63. The Labute approximate surface area is 126 Å². The summed E-state index contributed by atoms with van der Waals surface area (Å²) in [5, 5.41) is 14.5.